The molecular formula is C14H29FO3. The van der Waals surface area contributed by atoms with Gasteiger partial charge in [-0.25, -0.2) is 4.39 Å². The van der Waals surface area contributed by atoms with Crippen LogP contribution in [0.25, 0.3) is 0 Å². The summed E-state index contributed by atoms with van der Waals surface area (Å²) in [6.07, 6.45) is 7.71. The standard InChI is InChI=1S/C14H29FO3/c1-2-3-4-5-6-7-9-16-11-13-18-14-12-17-10-8-15/h2-14H2,1H3. The SMILES string of the molecule is CCCCCCCCOCCOCCOCCF. The van der Waals surface area contributed by atoms with Gasteiger partial charge in [0.2, 0.25) is 0 Å². The molecule has 0 radical (unpaired) electrons. The number of rotatable bonds is 15. The first kappa shape index (κ1) is 17.8. The second-order valence-corrected chi connectivity index (χ2v) is 4.29. The molecule has 0 aliphatic carbocycles. The van der Waals surface area contributed by atoms with E-state index < -0.39 is 6.67 Å². The molecule has 0 heterocycles. The van der Waals surface area contributed by atoms with E-state index in [0.29, 0.717) is 26.4 Å². The van der Waals surface area contributed by atoms with E-state index >= 15 is 0 Å². The van der Waals surface area contributed by atoms with E-state index in [1.807, 2.05) is 0 Å². The summed E-state index contributed by atoms with van der Waals surface area (Å²) in [6, 6.07) is 0. The van der Waals surface area contributed by atoms with Gasteiger partial charge in [-0.15, -0.1) is 0 Å². The Hall–Kier alpha value is -0.190. The predicted molar refractivity (Wildman–Crippen MR) is 71.8 cm³/mol. The van der Waals surface area contributed by atoms with Gasteiger partial charge in [0.1, 0.15) is 6.67 Å². The van der Waals surface area contributed by atoms with Crippen molar-refractivity contribution in [1.82, 2.24) is 0 Å². The Bertz CT molecular complexity index is 129. The number of halogens is 1. The molecule has 0 aromatic carbocycles. The summed E-state index contributed by atoms with van der Waals surface area (Å²) in [7, 11) is 0. The fourth-order valence-corrected chi connectivity index (χ4v) is 1.58. The molecular weight excluding hydrogens is 235 g/mol. The normalized spacial score (nSPS) is 11.0. The maximum atomic E-state index is 11.7. The molecule has 0 saturated carbocycles. The van der Waals surface area contributed by atoms with Gasteiger partial charge in [0.25, 0.3) is 0 Å². The number of alkyl halides is 1. The van der Waals surface area contributed by atoms with E-state index in [0.717, 1.165) is 13.0 Å². The Morgan fingerprint density at radius 1 is 0.611 bits per heavy atom. The molecule has 0 saturated heterocycles. The predicted octanol–water partition coefficient (Wildman–Crippen LogP) is 3.37. The third kappa shape index (κ3) is 15.8. The molecule has 0 N–H and O–H groups in total. The van der Waals surface area contributed by atoms with Gasteiger partial charge in [-0.2, -0.15) is 0 Å². The molecule has 4 heteroatoms. The summed E-state index contributed by atoms with van der Waals surface area (Å²) in [5, 5.41) is 0. The van der Waals surface area contributed by atoms with Gasteiger partial charge in [-0.3, -0.25) is 0 Å². The van der Waals surface area contributed by atoms with Crippen LogP contribution in [0.2, 0.25) is 0 Å². The van der Waals surface area contributed by atoms with E-state index in [-0.39, 0.29) is 6.61 Å². The van der Waals surface area contributed by atoms with E-state index in [9.17, 15) is 4.39 Å². The lowest BCUT2D eigenvalue weighted by atomic mass is 10.1. The van der Waals surface area contributed by atoms with Crippen molar-refractivity contribution < 1.29 is 18.6 Å². The van der Waals surface area contributed by atoms with Crippen LogP contribution in [0.3, 0.4) is 0 Å². The summed E-state index contributed by atoms with van der Waals surface area (Å²) in [5.41, 5.74) is 0. The quantitative estimate of drug-likeness (QED) is 0.424. The van der Waals surface area contributed by atoms with Gasteiger partial charge in [-0.05, 0) is 6.42 Å². The average molecular weight is 264 g/mol. The molecule has 0 unspecified atom stereocenters. The second kappa shape index (κ2) is 16.8. The van der Waals surface area contributed by atoms with Crippen LogP contribution in [0.4, 0.5) is 4.39 Å². The Morgan fingerprint density at radius 3 is 1.72 bits per heavy atom. The van der Waals surface area contributed by atoms with E-state index in [2.05, 4.69) is 6.92 Å². The molecule has 0 aliphatic rings. The lowest BCUT2D eigenvalue weighted by molar-refractivity contribution is 0.0117. The van der Waals surface area contributed by atoms with Crippen LogP contribution in [0, 0.1) is 0 Å². The largest absolute Gasteiger partial charge is 0.379 e. The molecule has 0 atom stereocenters. The van der Waals surface area contributed by atoms with Gasteiger partial charge in [-0.1, -0.05) is 39.0 Å². The van der Waals surface area contributed by atoms with Crippen molar-refractivity contribution >= 4 is 0 Å². The van der Waals surface area contributed by atoms with Crippen LogP contribution in [0.5, 0.6) is 0 Å². The van der Waals surface area contributed by atoms with Gasteiger partial charge < -0.3 is 14.2 Å². The van der Waals surface area contributed by atoms with E-state index in [4.69, 9.17) is 14.2 Å². The molecule has 0 aromatic rings. The molecule has 0 aliphatic heterocycles. The molecule has 3 nitrogen and oxygen atoms in total. The lowest BCUT2D eigenvalue weighted by Gasteiger charge is -2.06. The number of hydrogen-bond acceptors (Lipinski definition) is 3. The Labute approximate surface area is 111 Å². The zero-order valence-electron chi connectivity index (χ0n) is 11.8. The number of ether oxygens (including phenoxy) is 3. The minimum absolute atomic E-state index is 0.165. The third-order valence-corrected chi connectivity index (χ3v) is 2.61. The summed E-state index contributed by atoms with van der Waals surface area (Å²) in [5.74, 6) is 0. The van der Waals surface area contributed by atoms with Gasteiger partial charge >= 0.3 is 0 Å². The molecule has 0 spiro atoms. The lowest BCUT2D eigenvalue weighted by Crippen LogP contribution is -2.10. The topological polar surface area (TPSA) is 27.7 Å². The minimum atomic E-state index is -0.429. The van der Waals surface area contributed by atoms with Gasteiger partial charge in [0, 0.05) is 6.61 Å². The smallest absolute Gasteiger partial charge is 0.113 e. The van der Waals surface area contributed by atoms with Crippen LogP contribution in [-0.4, -0.2) is 46.3 Å². The zero-order chi connectivity index (χ0) is 13.3. The van der Waals surface area contributed by atoms with Crippen LogP contribution in [0.15, 0.2) is 0 Å². The molecule has 110 valence electrons. The fraction of sp³-hybridized carbons (Fsp3) is 1.00. The van der Waals surface area contributed by atoms with E-state index in [1.165, 1.54) is 32.1 Å². The summed E-state index contributed by atoms with van der Waals surface area (Å²) in [4.78, 5) is 0. The summed E-state index contributed by atoms with van der Waals surface area (Å²) >= 11 is 0. The maximum Gasteiger partial charge on any atom is 0.113 e. The van der Waals surface area contributed by atoms with Crippen molar-refractivity contribution in [1.29, 1.82) is 0 Å². The summed E-state index contributed by atoms with van der Waals surface area (Å²) < 4.78 is 27.3. The van der Waals surface area contributed by atoms with Crippen molar-refractivity contribution in [3.8, 4) is 0 Å². The van der Waals surface area contributed by atoms with Crippen LogP contribution in [0.1, 0.15) is 45.4 Å². The zero-order valence-corrected chi connectivity index (χ0v) is 11.8. The van der Waals surface area contributed by atoms with Crippen molar-refractivity contribution in [2.75, 3.05) is 46.3 Å². The second-order valence-electron chi connectivity index (χ2n) is 4.29. The maximum absolute atomic E-state index is 11.7. The van der Waals surface area contributed by atoms with Crippen molar-refractivity contribution in [2.24, 2.45) is 0 Å². The van der Waals surface area contributed by atoms with Crippen LogP contribution >= 0.6 is 0 Å². The van der Waals surface area contributed by atoms with Crippen molar-refractivity contribution in [3.63, 3.8) is 0 Å². The fourth-order valence-electron chi connectivity index (χ4n) is 1.58. The number of unbranched alkanes of at least 4 members (excludes halogenated alkanes) is 5. The van der Waals surface area contributed by atoms with Gasteiger partial charge in [0.05, 0.1) is 33.0 Å². The molecule has 0 aromatic heterocycles. The first-order valence-corrected chi connectivity index (χ1v) is 7.21. The summed E-state index contributed by atoms with van der Waals surface area (Å²) in [6.45, 7) is 4.99. The van der Waals surface area contributed by atoms with Crippen molar-refractivity contribution in [3.05, 3.63) is 0 Å². The monoisotopic (exact) mass is 264 g/mol. The highest BCUT2D eigenvalue weighted by Crippen LogP contribution is 2.04. The van der Waals surface area contributed by atoms with Gasteiger partial charge in [0.15, 0.2) is 0 Å². The van der Waals surface area contributed by atoms with E-state index in [1.54, 1.807) is 0 Å². The highest BCUT2D eigenvalue weighted by Gasteiger charge is 1.93. The number of hydrogen-bond donors (Lipinski definition) is 0. The Morgan fingerprint density at radius 2 is 1.11 bits per heavy atom. The third-order valence-electron chi connectivity index (χ3n) is 2.61. The highest BCUT2D eigenvalue weighted by atomic mass is 19.1. The first-order valence-electron chi connectivity index (χ1n) is 7.21. The minimum Gasteiger partial charge on any atom is -0.379 e. The molecule has 0 rings (SSSR count). The van der Waals surface area contributed by atoms with Crippen molar-refractivity contribution in [2.45, 2.75) is 45.4 Å². The molecule has 0 bridgehead atoms. The Balaban J connectivity index is 2.86. The molecule has 0 fully saturated rings. The molecule has 0 amide bonds. The average Bonchev–Trinajstić information content (AvgIpc) is 2.39. The van der Waals surface area contributed by atoms with Crippen LogP contribution in [-0.2, 0) is 14.2 Å². The first-order chi connectivity index (χ1) is 8.91. The highest BCUT2D eigenvalue weighted by molar-refractivity contribution is 4.43. The molecule has 18 heavy (non-hydrogen) atoms. The Kier molecular flexibility index (Phi) is 16.6. The van der Waals surface area contributed by atoms with Crippen LogP contribution < -0.4 is 0 Å².